The van der Waals surface area contributed by atoms with Crippen LogP contribution in [0.1, 0.15) is 0 Å². The molecule has 19 heavy (non-hydrogen) atoms. The highest BCUT2D eigenvalue weighted by Gasteiger charge is 2.09. The van der Waals surface area contributed by atoms with Gasteiger partial charge in [0, 0.05) is 32.0 Å². The van der Waals surface area contributed by atoms with Crippen molar-refractivity contribution in [1.82, 2.24) is 9.97 Å². The minimum atomic E-state index is 0.687. The van der Waals surface area contributed by atoms with Gasteiger partial charge in [-0.2, -0.15) is 0 Å². The average Bonchev–Trinajstić information content (AvgIpc) is 2.43. The molecule has 0 aliphatic carbocycles. The predicted molar refractivity (Wildman–Crippen MR) is 82.2 cm³/mol. The van der Waals surface area contributed by atoms with Crippen molar-refractivity contribution >= 4 is 44.3 Å². The number of aromatic nitrogens is 2. The summed E-state index contributed by atoms with van der Waals surface area (Å²) in [7, 11) is 0. The van der Waals surface area contributed by atoms with E-state index in [1.807, 2.05) is 30.3 Å². The third-order valence-electron chi connectivity index (χ3n) is 2.68. The van der Waals surface area contributed by atoms with Crippen molar-refractivity contribution in [2.24, 2.45) is 0 Å². The molecule has 0 aliphatic rings. The van der Waals surface area contributed by atoms with Crippen molar-refractivity contribution in [2.75, 3.05) is 5.73 Å². The summed E-state index contributed by atoms with van der Waals surface area (Å²) in [6, 6.07) is 9.94. The number of nitrogen functional groups attached to an aromatic ring is 1. The Morgan fingerprint density at radius 3 is 2.68 bits per heavy atom. The van der Waals surface area contributed by atoms with Crippen LogP contribution in [0.3, 0.4) is 0 Å². The summed E-state index contributed by atoms with van der Waals surface area (Å²) in [4.78, 5) is 10.5. The predicted octanol–water partition coefficient (Wildman–Crippen LogP) is 4.13. The van der Waals surface area contributed by atoms with Gasteiger partial charge in [0.05, 0.1) is 17.4 Å². The first-order chi connectivity index (χ1) is 9.24. The van der Waals surface area contributed by atoms with Gasteiger partial charge in [0.1, 0.15) is 0 Å². The second-order valence-corrected chi connectivity index (χ2v) is 5.99. The Labute approximate surface area is 123 Å². The molecule has 0 unspecified atom stereocenters. The molecule has 0 saturated heterocycles. The van der Waals surface area contributed by atoms with Crippen LogP contribution in [0, 0.1) is 0 Å². The van der Waals surface area contributed by atoms with E-state index in [-0.39, 0.29) is 0 Å². The van der Waals surface area contributed by atoms with Gasteiger partial charge in [0.25, 0.3) is 0 Å². The SMILES string of the molecule is Nc1cnc2ccc(Br)cc2c1Sc1ccncc1. The molecule has 0 aliphatic heterocycles. The Morgan fingerprint density at radius 1 is 1.11 bits per heavy atom. The average molecular weight is 332 g/mol. The van der Waals surface area contributed by atoms with Crippen LogP contribution in [0.2, 0.25) is 0 Å². The lowest BCUT2D eigenvalue weighted by Gasteiger charge is -2.09. The number of benzene rings is 1. The van der Waals surface area contributed by atoms with Crippen molar-refractivity contribution in [3.8, 4) is 0 Å². The molecule has 3 nitrogen and oxygen atoms in total. The number of pyridine rings is 2. The van der Waals surface area contributed by atoms with Crippen LogP contribution in [-0.4, -0.2) is 9.97 Å². The minimum absolute atomic E-state index is 0.687. The molecule has 3 rings (SSSR count). The van der Waals surface area contributed by atoms with Crippen LogP contribution in [0.5, 0.6) is 0 Å². The molecule has 0 fully saturated rings. The maximum absolute atomic E-state index is 6.07. The Bertz CT molecular complexity index is 726. The number of nitrogens with zero attached hydrogens (tertiary/aromatic N) is 2. The molecule has 2 heterocycles. The van der Waals surface area contributed by atoms with Gasteiger partial charge in [-0.25, -0.2) is 0 Å². The standard InChI is InChI=1S/C14H10BrN3S/c15-9-1-2-13-11(7-9)14(12(16)8-18-13)19-10-3-5-17-6-4-10/h1-8H,16H2. The van der Waals surface area contributed by atoms with Gasteiger partial charge in [-0.15, -0.1) is 0 Å². The van der Waals surface area contributed by atoms with E-state index >= 15 is 0 Å². The van der Waals surface area contributed by atoms with E-state index in [1.165, 1.54) is 0 Å². The first kappa shape index (κ1) is 12.4. The molecule has 3 aromatic rings. The van der Waals surface area contributed by atoms with Gasteiger partial charge in [0.2, 0.25) is 0 Å². The zero-order valence-electron chi connectivity index (χ0n) is 9.88. The van der Waals surface area contributed by atoms with Crippen LogP contribution in [0.15, 0.2) is 63.2 Å². The second kappa shape index (κ2) is 5.19. The molecule has 94 valence electrons. The molecule has 0 atom stereocenters. The Hall–Kier alpha value is -1.59. The quantitative estimate of drug-likeness (QED) is 0.767. The smallest absolute Gasteiger partial charge is 0.0715 e. The van der Waals surface area contributed by atoms with Gasteiger partial charge < -0.3 is 5.73 Å². The molecule has 0 radical (unpaired) electrons. The molecular formula is C14H10BrN3S. The van der Waals surface area contributed by atoms with E-state index < -0.39 is 0 Å². The summed E-state index contributed by atoms with van der Waals surface area (Å²) in [5.41, 5.74) is 7.70. The van der Waals surface area contributed by atoms with E-state index in [0.29, 0.717) is 5.69 Å². The Kier molecular flexibility index (Phi) is 3.40. The molecular weight excluding hydrogens is 322 g/mol. The number of rotatable bonds is 2. The summed E-state index contributed by atoms with van der Waals surface area (Å²) in [5, 5.41) is 1.05. The normalized spacial score (nSPS) is 10.8. The number of hydrogen-bond donors (Lipinski definition) is 1. The Morgan fingerprint density at radius 2 is 1.89 bits per heavy atom. The summed E-state index contributed by atoms with van der Waals surface area (Å²) >= 11 is 5.12. The molecule has 1 aromatic carbocycles. The van der Waals surface area contributed by atoms with E-state index in [4.69, 9.17) is 5.73 Å². The maximum atomic E-state index is 6.07. The Balaban J connectivity index is 2.16. The molecule has 2 N–H and O–H groups in total. The van der Waals surface area contributed by atoms with Gasteiger partial charge in [-0.1, -0.05) is 27.7 Å². The number of fused-ring (bicyclic) bond motifs is 1. The molecule has 0 spiro atoms. The van der Waals surface area contributed by atoms with E-state index in [0.717, 1.165) is 25.2 Å². The first-order valence-electron chi connectivity index (χ1n) is 5.65. The van der Waals surface area contributed by atoms with Crippen molar-refractivity contribution in [1.29, 1.82) is 0 Å². The topological polar surface area (TPSA) is 51.8 Å². The monoisotopic (exact) mass is 331 g/mol. The lowest BCUT2D eigenvalue weighted by Crippen LogP contribution is -1.92. The number of halogens is 1. The first-order valence-corrected chi connectivity index (χ1v) is 7.26. The summed E-state index contributed by atoms with van der Waals surface area (Å²) in [5.74, 6) is 0. The number of anilines is 1. The van der Waals surface area contributed by atoms with Gasteiger partial charge in [0.15, 0.2) is 0 Å². The fourth-order valence-electron chi connectivity index (χ4n) is 1.79. The van der Waals surface area contributed by atoms with Gasteiger partial charge >= 0.3 is 0 Å². The molecule has 5 heteroatoms. The van der Waals surface area contributed by atoms with Crippen molar-refractivity contribution in [3.63, 3.8) is 0 Å². The summed E-state index contributed by atoms with van der Waals surface area (Å²) in [6.07, 6.45) is 5.26. The fourth-order valence-corrected chi connectivity index (χ4v) is 3.09. The van der Waals surface area contributed by atoms with Crippen LogP contribution < -0.4 is 5.73 Å². The van der Waals surface area contributed by atoms with Crippen molar-refractivity contribution < 1.29 is 0 Å². The van der Waals surface area contributed by atoms with E-state index in [2.05, 4.69) is 25.9 Å². The number of hydrogen-bond acceptors (Lipinski definition) is 4. The van der Waals surface area contributed by atoms with Crippen molar-refractivity contribution in [2.45, 2.75) is 9.79 Å². The summed E-state index contributed by atoms with van der Waals surface area (Å²) in [6.45, 7) is 0. The molecule has 0 amide bonds. The molecule has 2 aromatic heterocycles. The van der Waals surface area contributed by atoms with Crippen molar-refractivity contribution in [3.05, 3.63) is 53.4 Å². The van der Waals surface area contributed by atoms with Crippen LogP contribution in [-0.2, 0) is 0 Å². The second-order valence-electron chi connectivity index (χ2n) is 3.99. The lowest BCUT2D eigenvalue weighted by molar-refractivity contribution is 1.26. The van der Waals surface area contributed by atoms with Crippen LogP contribution in [0.4, 0.5) is 5.69 Å². The van der Waals surface area contributed by atoms with Gasteiger partial charge in [-0.05, 0) is 30.3 Å². The van der Waals surface area contributed by atoms with E-state index in [1.54, 1.807) is 30.4 Å². The zero-order valence-corrected chi connectivity index (χ0v) is 12.3. The molecule has 0 saturated carbocycles. The lowest BCUT2D eigenvalue weighted by atomic mass is 10.2. The summed E-state index contributed by atoms with van der Waals surface area (Å²) < 4.78 is 1.02. The molecule has 0 bridgehead atoms. The number of nitrogens with two attached hydrogens (primary N) is 1. The zero-order chi connectivity index (χ0) is 13.2. The third kappa shape index (κ3) is 2.57. The van der Waals surface area contributed by atoms with Crippen LogP contribution in [0.25, 0.3) is 10.9 Å². The van der Waals surface area contributed by atoms with Crippen LogP contribution >= 0.6 is 27.7 Å². The van der Waals surface area contributed by atoms with E-state index in [9.17, 15) is 0 Å². The minimum Gasteiger partial charge on any atom is -0.397 e. The highest BCUT2D eigenvalue weighted by molar-refractivity contribution is 9.10. The largest absolute Gasteiger partial charge is 0.397 e. The van der Waals surface area contributed by atoms with Gasteiger partial charge in [-0.3, -0.25) is 9.97 Å². The third-order valence-corrected chi connectivity index (χ3v) is 4.34. The fraction of sp³-hybridized carbons (Fsp3) is 0. The highest BCUT2D eigenvalue weighted by atomic mass is 79.9. The highest BCUT2D eigenvalue weighted by Crippen LogP contribution is 2.37. The maximum Gasteiger partial charge on any atom is 0.0715 e.